The lowest BCUT2D eigenvalue weighted by atomic mass is 10.1. The van der Waals surface area contributed by atoms with Crippen molar-refractivity contribution in [3.63, 3.8) is 0 Å². The Hall–Kier alpha value is -1.29. The fraction of sp³-hybridized carbons (Fsp3) is 0.467. The van der Waals surface area contributed by atoms with Gasteiger partial charge in [-0.1, -0.05) is 6.07 Å². The summed E-state index contributed by atoms with van der Waals surface area (Å²) in [6.45, 7) is 6.25. The monoisotopic (exact) mass is 280 g/mol. The van der Waals surface area contributed by atoms with Crippen LogP contribution >= 0.6 is 11.8 Å². The first-order valence-electron chi connectivity index (χ1n) is 6.40. The van der Waals surface area contributed by atoms with Crippen LogP contribution in [0.2, 0.25) is 0 Å². The summed E-state index contributed by atoms with van der Waals surface area (Å²) in [7, 11) is 0. The van der Waals surface area contributed by atoms with E-state index < -0.39 is 0 Å². The predicted octanol–water partition coefficient (Wildman–Crippen LogP) is 3.31. The van der Waals surface area contributed by atoms with Crippen LogP contribution in [0.3, 0.4) is 0 Å². The van der Waals surface area contributed by atoms with Crippen molar-refractivity contribution in [2.45, 2.75) is 38.5 Å². The number of Topliss-reactive ketones (excluding diaryl/α,β-unsaturated/α-hetero) is 1. The molecule has 0 N–H and O–H groups in total. The van der Waals surface area contributed by atoms with E-state index in [0.717, 1.165) is 4.90 Å². The molecular formula is C15H20O3S. The molecule has 0 aromatic heterocycles. The molecule has 104 valence electrons. The van der Waals surface area contributed by atoms with Crippen LogP contribution in [0, 0.1) is 13.8 Å². The summed E-state index contributed by atoms with van der Waals surface area (Å²) >= 11 is 1.51. The molecule has 0 bridgehead atoms. The molecule has 0 fully saturated rings. The van der Waals surface area contributed by atoms with Crippen molar-refractivity contribution in [1.82, 2.24) is 0 Å². The number of ether oxygens (including phenoxy) is 1. The van der Waals surface area contributed by atoms with Gasteiger partial charge in [0.1, 0.15) is 5.78 Å². The molecule has 0 amide bonds. The third-order valence-corrected chi connectivity index (χ3v) is 3.85. The van der Waals surface area contributed by atoms with E-state index >= 15 is 0 Å². The summed E-state index contributed by atoms with van der Waals surface area (Å²) in [5.41, 5.74) is 2.47. The minimum Gasteiger partial charge on any atom is -0.466 e. The Morgan fingerprint density at radius 1 is 1.16 bits per heavy atom. The van der Waals surface area contributed by atoms with Gasteiger partial charge < -0.3 is 4.74 Å². The number of hydrogen-bond donors (Lipinski definition) is 0. The maximum absolute atomic E-state index is 11.6. The number of thioether (sulfide) groups is 1. The van der Waals surface area contributed by atoms with Gasteiger partial charge in [0.15, 0.2) is 0 Å². The molecule has 0 saturated heterocycles. The zero-order chi connectivity index (χ0) is 14.3. The van der Waals surface area contributed by atoms with Gasteiger partial charge in [0.25, 0.3) is 0 Å². The van der Waals surface area contributed by atoms with Crippen molar-refractivity contribution in [2.75, 3.05) is 12.4 Å². The quantitative estimate of drug-likeness (QED) is 0.568. The zero-order valence-electron chi connectivity index (χ0n) is 11.7. The molecule has 0 spiro atoms. The van der Waals surface area contributed by atoms with E-state index in [0.29, 0.717) is 12.4 Å². The van der Waals surface area contributed by atoms with E-state index in [-0.39, 0.29) is 24.6 Å². The van der Waals surface area contributed by atoms with Crippen LogP contribution in [0.25, 0.3) is 0 Å². The van der Waals surface area contributed by atoms with Gasteiger partial charge in [0.05, 0.1) is 18.8 Å². The highest BCUT2D eigenvalue weighted by Crippen LogP contribution is 2.21. The van der Waals surface area contributed by atoms with Crippen LogP contribution in [-0.2, 0) is 14.3 Å². The molecule has 1 aromatic carbocycles. The Bertz CT molecular complexity index is 455. The highest BCUT2D eigenvalue weighted by Gasteiger charge is 2.08. The van der Waals surface area contributed by atoms with E-state index in [4.69, 9.17) is 4.74 Å². The van der Waals surface area contributed by atoms with Crippen molar-refractivity contribution in [3.8, 4) is 0 Å². The minimum absolute atomic E-state index is 0.0799. The van der Waals surface area contributed by atoms with Crippen LogP contribution in [0.4, 0.5) is 0 Å². The van der Waals surface area contributed by atoms with Gasteiger partial charge in [0.2, 0.25) is 0 Å². The molecule has 0 saturated carbocycles. The third kappa shape index (κ3) is 5.92. The van der Waals surface area contributed by atoms with Gasteiger partial charge in [-0.15, -0.1) is 11.8 Å². The van der Waals surface area contributed by atoms with Crippen LogP contribution in [-0.4, -0.2) is 24.1 Å². The fourth-order valence-corrected chi connectivity index (χ4v) is 2.41. The Labute approximate surface area is 118 Å². The van der Waals surface area contributed by atoms with Crippen LogP contribution in [0.1, 0.15) is 30.9 Å². The lowest BCUT2D eigenvalue weighted by Crippen LogP contribution is -2.09. The molecule has 1 rings (SSSR count). The molecular weight excluding hydrogens is 260 g/mol. The fourth-order valence-electron chi connectivity index (χ4n) is 1.51. The normalized spacial score (nSPS) is 10.3. The number of carbonyl (C=O) groups excluding carboxylic acids is 2. The maximum Gasteiger partial charge on any atom is 0.306 e. The molecule has 0 aliphatic carbocycles. The highest BCUT2D eigenvalue weighted by molar-refractivity contribution is 8.00. The molecule has 1 aromatic rings. The minimum atomic E-state index is -0.299. The Kier molecular flexibility index (Phi) is 6.64. The number of rotatable bonds is 7. The average Bonchev–Trinajstić information content (AvgIpc) is 2.38. The van der Waals surface area contributed by atoms with Crippen molar-refractivity contribution in [2.24, 2.45) is 0 Å². The van der Waals surface area contributed by atoms with Gasteiger partial charge in [-0.05, 0) is 44.0 Å². The predicted molar refractivity (Wildman–Crippen MR) is 77.5 cm³/mol. The second-order valence-electron chi connectivity index (χ2n) is 4.38. The van der Waals surface area contributed by atoms with Crippen molar-refractivity contribution in [3.05, 3.63) is 29.3 Å². The SMILES string of the molecule is CCOC(=O)CCC(=O)CSc1ccc(C)c(C)c1. The Morgan fingerprint density at radius 2 is 1.89 bits per heavy atom. The number of hydrogen-bond acceptors (Lipinski definition) is 4. The van der Waals surface area contributed by atoms with Gasteiger partial charge in [-0.3, -0.25) is 9.59 Å². The van der Waals surface area contributed by atoms with Gasteiger partial charge in [0, 0.05) is 11.3 Å². The number of aryl methyl sites for hydroxylation is 2. The van der Waals surface area contributed by atoms with Crippen LogP contribution < -0.4 is 0 Å². The summed E-state index contributed by atoms with van der Waals surface area (Å²) in [4.78, 5) is 23.9. The molecule has 19 heavy (non-hydrogen) atoms. The van der Waals surface area contributed by atoms with Gasteiger partial charge in [-0.2, -0.15) is 0 Å². The number of ketones is 1. The first-order valence-corrected chi connectivity index (χ1v) is 7.39. The molecule has 0 aliphatic heterocycles. The van der Waals surface area contributed by atoms with E-state index in [2.05, 4.69) is 26.0 Å². The third-order valence-electron chi connectivity index (χ3n) is 2.79. The number of esters is 1. The summed E-state index contributed by atoms with van der Waals surface area (Å²) in [5.74, 6) is 0.186. The van der Waals surface area contributed by atoms with E-state index in [1.54, 1.807) is 6.92 Å². The largest absolute Gasteiger partial charge is 0.466 e. The van der Waals surface area contributed by atoms with Crippen molar-refractivity contribution < 1.29 is 14.3 Å². The first-order chi connectivity index (χ1) is 9.02. The summed E-state index contributed by atoms with van der Waals surface area (Å²) in [5, 5.41) is 0. The molecule has 0 unspecified atom stereocenters. The second kappa shape index (κ2) is 8.00. The highest BCUT2D eigenvalue weighted by atomic mass is 32.2. The second-order valence-corrected chi connectivity index (χ2v) is 5.43. The topological polar surface area (TPSA) is 43.4 Å². The Balaban J connectivity index is 2.33. The van der Waals surface area contributed by atoms with E-state index in [1.807, 2.05) is 6.07 Å². The average molecular weight is 280 g/mol. The van der Waals surface area contributed by atoms with Crippen LogP contribution in [0.5, 0.6) is 0 Å². The standard InChI is InChI=1S/C15H20O3S/c1-4-18-15(17)8-6-13(16)10-19-14-7-5-11(2)12(3)9-14/h5,7,9H,4,6,8,10H2,1-3H3. The zero-order valence-corrected chi connectivity index (χ0v) is 12.5. The molecule has 4 heteroatoms. The summed E-state index contributed by atoms with van der Waals surface area (Å²) in [6.07, 6.45) is 0.441. The maximum atomic E-state index is 11.6. The van der Waals surface area contributed by atoms with E-state index in [1.165, 1.54) is 22.9 Å². The van der Waals surface area contributed by atoms with Crippen molar-refractivity contribution in [1.29, 1.82) is 0 Å². The molecule has 3 nitrogen and oxygen atoms in total. The van der Waals surface area contributed by atoms with Crippen LogP contribution in [0.15, 0.2) is 23.1 Å². The first kappa shape index (κ1) is 15.8. The summed E-state index contributed by atoms with van der Waals surface area (Å²) in [6, 6.07) is 6.16. The lowest BCUT2D eigenvalue weighted by molar-refractivity contribution is -0.144. The molecule has 0 atom stereocenters. The lowest BCUT2D eigenvalue weighted by Gasteiger charge is -2.05. The van der Waals surface area contributed by atoms with Gasteiger partial charge in [-0.25, -0.2) is 0 Å². The molecule has 0 heterocycles. The van der Waals surface area contributed by atoms with E-state index in [9.17, 15) is 9.59 Å². The van der Waals surface area contributed by atoms with Gasteiger partial charge >= 0.3 is 5.97 Å². The number of benzene rings is 1. The smallest absolute Gasteiger partial charge is 0.306 e. The summed E-state index contributed by atoms with van der Waals surface area (Å²) < 4.78 is 4.79. The Morgan fingerprint density at radius 3 is 2.53 bits per heavy atom. The number of carbonyl (C=O) groups is 2. The molecule has 0 radical (unpaired) electrons. The van der Waals surface area contributed by atoms with Crippen molar-refractivity contribution >= 4 is 23.5 Å². The molecule has 0 aliphatic rings.